The molecule has 7 aromatic rings. The fourth-order valence-electron chi connectivity index (χ4n) is 6.93. The van der Waals surface area contributed by atoms with Gasteiger partial charge in [0, 0.05) is 112 Å². The lowest BCUT2D eigenvalue weighted by Gasteiger charge is -2.04. The Hall–Kier alpha value is -10.6. The van der Waals surface area contributed by atoms with Crippen LogP contribution in [0.1, 0.15) is 97.4 Å². The van der Waals surface area contributed by atoms with Crippen molar-refractivity contribution in [3.63, 3.8) is 0 Å². The number of halogens is 1. The van der Waals surface area contributed by atoms with Crippen LogP contribution in [-0.4, -0.2) is 134 Å². The van der Waals surface area contributed by atoms with Crippen molar-refractivity contribution in [3.8, 4) is 0 Å². The molecular formula is C43H50ClN25O8. The van der Waals surface area contributed by atoms with Gasteiger partial charge >= 0.3 is 0 Å². The summed E-state index contributed by atoms with van der Waals surface area (Å²) < 4.78 is 8.20. The zero-order valence-electron chi connectivity index (χ0n) is 41.7. The topological polar surface area (TPSA) is 452 Å². The first-order valence-electron chi connectivity index (χ1n) is 22.3. The number of carbonyl (C=O) groups excluding carboxylic acids is 8. The van der Waals surface area contributed by atoms with Crippen molar-refractivity contribution in [2.24, 2.45) is 53.8 Å². The quantitative estimate of drug-likeness (QED) is 0.0339. The average Bonchev–Trinajstić information content (AvgIpc) is 4.22. The third-order valence-corrected chi connectivity index (χ3v) is 10.5. The van der Waals surface area contributed by atoms with E-state index >= 15 is 0 Å². The number of nitrogens with one attached hydrogen (secondary N) is 10. The summed E-state index contributed by atoms with van der Waals surface area (Å²) in [5.74, 6) is -5.93. The van der Waals surface area contributed by atoms with Crippen LogP contribution in [0.3, 0.4) is 0 Å². The average molecular weight is 1080 g/mol. The Bertz CT molecular complexity index is 3260. The van der Waals surface area contributed by atoms with Gasteiger partial charge in [0.05, 0.1) is 17.2 Å². The Morgan fingerprint density at radius 2 is 0.675 bits per heavy atom. The molecule has 0 radical (unpaired) electrons. The summed E-state index contributed by atoms with van der Waals surface area (Å²) in [6.45, 7) is 0.255. The Kier molecular flexibility index (Phi) is 17.0. The van der Waals surface area contributed by atoms with Crippen molar-refractivity contribution in [2.45, 2.75) is 12.8 Å². The highest BCUT2D eigenvalue weighted by atomic mass is 35.5. The van der Waals surface area contributed by atoms with Crippen LogP contribution in [0.5, 0.6) is 0 Å². The maximum absolute atomic E-state index is 13.3. The van der Waals surface area contributed by atoms with Crippen molar-refractivity contribution in [1.82, 2.24) is 72.9 Å². The number of nitrogens with two attached hydrogens (primary N) is 2. The molecule has 0 aliphatic carbocycles. The van der Waals surface area contributed by atoms with Gasteiger partial charge in [-0.25, -0.2) is 29.9 Å². The van der Waals surface area contributed by atoms with Gasteiger partial charge in [-0.15, -0.1) is 12.4 Å². The largest absolute Gasteiger partial charge is 0.388 e. The van der Waals surface area contributed by atoms with Gasteiger partial charge in [0.15, 0.2) is 34.9 Å². The third-order valence-electron chi connectivity index (χ3n) is 10.5. The Morgan fingerprint density at radius 1 is 0.416 bits per heavy atom. The number of carbonyl (C=O) groups is 8. The number of anilines is 6. The molecule has 14 N–H and O–H groups in total. The van der Waals surface area contributed by atoms with Crippen molar-refractivity contribution >= 4 is 106 Å². The molecule has 0 aliphatic heterocycles. The zero-order chi connectivity index (χ0) is 55.1. The van der Waals surface area contributed by atoms with Crippen molar-refractivity contribution in [2.75, 3.05) is 45.0 Å². The van der Waals surface area contributed by atoms with Gasteiger partial charge in [0.1, 0.15) is 5.69 Å². The molecule has 0 atom stereocenters. The van der Waals surface area contributed by atoms with Crippen LogP contribution < -0.4 is 54.0 Å². The Balaban J connectivity index is 0.00000961. The van der Waals surface area contributed by atoms with Crippen LogP contribution in [0.25, 0.3) is 0 Å². The lowest BCUT2D eigenvalue weighted by molar-refractivity contribution is 0.0933. The second-order valence-electron chi connectivity index (χ2n) is 16.6. The second-order valence-corrected chi connectivity index (χ2v) is 16.6. The van der Waals surface area contributed by atoms with E-state index in [4.69, 9.17) is 22.3 Å². The number of hydrogen-bond acceptors (Lipinski definition) is 17. The van der Waals surface area contributed by atoms with Crippen LogP contribution in [0.15, 0.2) is 55.5 Å². The van der Waals surface area contributed by atoms with Crippen molar-refractivity contribution in [1.29, 1.82) is 10.8 Å². The molecule has 8 amide bonds. The number of aryl methyl sites for hydroxylation is 6. The fraction of sp³-hybridized carbons (Fsp3) is 0.233. The summed E-state index contributed by atoms with van der Waals surface area (Å²) in [6.07, 6.45) is 9.81. The fourth-order valence-corrected chi connectivity index (χ4v) is 6.93. The van der Waals surface area contributed by atoms with Gasteiger partial charge in [-0.3, -0.25) is 54.2 Å². The number of rotatable bonds is 20. The van der Waals surface area contributed by atoms with E-state index in [0.717, 1.165) is 6.20 Å². The second kappa shape index (κ2) is 23.5. The predicted molar refractivity (Wildman–Crippen MR) is 276 cm³/mol. The van der Waals surface area contributed by atoms with E-state index in [-0.39, 0.29) is 131 Å². The van der Waals surface area contributed by atoms with Crippen molar-refractivity contribution in [3.05, 3.63) is 102 Å². The summed E-state index contributed by atoms with van der Waals surface area (Å²) in [5, 5.41) is 35.1. The molecule has 0 fully saturated rings. The van der Waals surface area contributed by atoms with E-state index < -0.39 is 47.3 Å². The summed E-state index contributed by atoms with van der Waals surface area (Å²) in [7, 11) is 9.18. The number of amidine groups is 2. The lowest BCUT2D eigenvalue weighted by atomic mass is 10.2. The first-order valence-corrected chi connectivity index (χ1v) is 22.3. The number of amides is 8. The summed E-state index contributed by atoms with van der Waals surface area (Å²) in [4.78, 5) is 133. The monoisotopic (exact) mass is 1080 g/mol. The summed E-state index contributed by atoms with van der Waals surface area (Å²) in [6, 6.07) is 2.61. The van der Waals surface area contributed by atoms with E-state index in [2.05, 4.69) is 77.4 Å². The number of aromatic nitrogens is 13. The van der Waals surface area contributed by atoms with Crippen molar-refractivity contribution < 1.29 is 38.4 Å². The zero-order valence-corrected chi connectivity index (χ0v) is 42.5. The predicted octanol–water partition coefficient (Wildman–Crippen LogP) is -0.470. The van der Waals surface area contributed by atoms with Gasteiger partial charge in [-0.2, -0.15) is 0 Å². The van der Waals surface area contributed by atoms with Gasteiger partial charge in [0.2, 0.25) is 34.9 Å². The molecule has 0 aromatic carbocycles. The maximum Gasteiger partial charge on any atom is 0.292 e. The van der Waals surface area contributed by atoms with Gasteiger partial charge in [0.25, 0.3) is 47.3 Å². The molecule has 0 spiro atoms. The number of nitrogens with zero attached hydrogens (tertiary/aromatic N) is 13. The van der Waals surface area contributed by atoms with Crippen LogP contribution in [-0.2, 0) is 42.3 Å². The van der Waals surface area contributed by atoms with Crippen LogP contribution in [0.4, 0.5) is 34.9 Å². The van der Waals surface area contributed by atoms with E-state index in [0.29, 0.717) is 0 Å². The molecule has 0 bridgehead atoms. The molecule has 0 aliphatic rings. The molecule has 0 unspecified atom stereocenters. The number of hydrogen-bond donors (Lipinski definition) is 12. The van der Waals surface area contributed by atoms with E-state index in [1.54, 1.807) is 14.1 Å². The molecule has 402 valence electrons. The smallest absolute Gasteiger partial charge is 0.292 e. The standard InChI is InChI=1S/C43H49N25O8.ClH/c1-63-16-26(51-30(63)38(71)48-11-9-22(44)45)59-42(75)34-55-28(18-67(34)5)61-40(73)32-53-24(14-65(32)3)57-36(69)20-7-8-21(50-13-20)37(70)58-25-15-66(4)33(54-25)41(74)62-29-19-68(6)35(56-29)43(76)60-27-17-64(2)31(52-27)39(72)49-12-10-23(46)47;/h7-8,13-19H,9-12H2,1-6H3,(H3,44,45)(H3,46,47)(H,48,71)(H,49,72)(H,57,69)(H,58,70)(H,59,75)(H,60,76)(H,61,73)(H,62,74);1H. The SMILES string of the molecule is Cl.Cn1cc(NC(=O)c2nc(NC(=O)c3nc(NC(=O)c4ccc(C(=O)Nc5cn(C)c(C(=O)Nc6cn(C)c(C(=O)Nc7cn(C)c(C(=O)NCCC(=N)N)n7)n6)n5)nc4)cn3C)cn2C)nc1C(=O)NCCC(=N)N. The normalized spacial score (nSPS) is 10.7. The van der Waals surface area contributed by atoms with Gasteiger partial charge in [-0.05, 0) is 12.1 Å². The Labute approximate surface area is 440 Å². The van der Waals surface area contributed by atoms with Gasteiger partial charge in [-0.1, -0.05) is 0 Å². The molecular weight excluding hydrogens is 1030 g/mol. The molecule has 7 rings (SSSR count). The maximum atomic E-state index is 13.3. The lowest BCUT2D eigenvalue weighted by Crippen LogP contribution is -2.29. The third kappa shape index (κ3) is 13.5. The molecule has 7 aromatic heterocycles. The first kappa shape index (κ1) is 55.7. The molecule has 34 heteroatoms. The highest BCUT2D eigenvalue weighted by Crippen LogP contribution is 2.18. The van der Waals surface area contributed by atoms with Gasteiger partial charge < -0.3 is 81.4 Å². The molecule has 33 nitrogen and oxygen atoms in total. The summed E-state index contributed by atoms with van der Waals surface area (Å²) >= 11 is 0. The summed E-state index contributed by atoms with van der Waals surface area (Å²) in [5.41, 5.74) is 10.6. The van der Waals surface area contributed by atoms with Crippen LogP contribution in [0.2, 0.25) is 0 Å². The minimum Gasteiger partial charge on any atom is -0.388 e. The van der Waals surface area contributed by atoms with Crippen LogP contribution in [0, 0.1) is 10.8 Å². The minimum absolute atomic E-state index is 0. The van der Waals surface area contributed by atoms with E-state index in [1.807, 2.05) is 0 Å². The molecule has 77 heavy (non-hydrogen) atoms. The van der Waals surface area contributed by atoms with E-state index in [9.17, 15) is 38.4 Å². The highest BCUT2D eigenvalue weighted by Gasteiger charge is 2.24. The molecule has 0 saturated heterocycles. The number of imidazole rings is 6. The van der Waals surface area contributed by atoms with E-state index in [1.165, 1.54) is 105 Å². The first-order chi connectivity index (χ1) is 36.0. The minimum atomic E-state index is -0.733. The highest BCUT2D eigenvalue weighted by molar-refractivity contribution is 6.08. The van der Waals surface area contributed by atoms with Crippen LogP contribution >= 0.6 is 12.4 Å². The molecule has 7 heterocycles. The molecule has 0 saturated carbocycles. The Morgan fingerprint density at radius 3 is 0.935 bits per heavy atom. The number of pyridine rings is 1.